The van der Waals surface area contributed by atoms with Crippen LogP contribution >= 0.6 is 0 Å². The number of methoxy groups -OCH3 is 1. The molecule has 1 amide bonds. The van der Waals surface area contributed by atoms with Crippen LogP contribution in [0.5, 0.6) is 5.88 Å². The van der Waals surface area contributed by atoms with Gasteiger partial charge in [-0.3, -0.25) is 9.48 Å². The number of hydrogen-bond acceptors (Lipinski definition) is 8. The fourth-order valence-electron chi connectivity index (χ4n) is 3.59. The predicted molar refractivity (Wildman–Crippen MR) is 107 cm³/mol. The molecule has 0 aromatic carbocycles. The van der Waals surface area contributed by atoms with Crippen LogP contribution in [0, 0.1) is 5.92 Å². The Labute approximate surface area is 186 Å². The Hall–Kier alpha value is -3.42. The van der Waals surface area contributed by atoms with Gasteiger partial charge in [-0.1, -0.05) is 0 Å². The molecule has 0 saturated carbocycles. The number of carboxylic acid groups (broad SMARTS) is 1. The maximum atomic E-state index is 12.8. The summed E-state index contributed by atoms with van der Waals surface area (Å²) in [6, 6.07) is 1.82. The lowest BCUT2D eigenvalue weighted by Gasteiger charge is -2.23. The lowest BCUT2D eigenvalue weighted by atomic mass is 10.1. The highest BCUT2D eigenvalue weighted by atomic mass is 19.4. The van der Waals surface area contributed by atoms with E-state index >= 15 is 0 Å². The van der Waals surface area contributed by atoms with Crippen molar-refractivity contribution in [3.05, 3.63) is 30.4 Å². The number of aromatic nitrogens is 4. The summed E-state index contributed by atoms with van der Waals surface area (Å²) in [6.07, 6.45) is -0.136. The average molecular weight is 472 g/mol. The number of alkyl halides is 3. The van der Waals surface area contributed by atoms with Crippen molar-refractivity contribution < 1.29 is 37.3 Å². The number of nitrogens with zero attached hydrogens (tertiary/aromatic N) is 6. The molecule has 14 heteroatoms. The second kappa shape index (κ2) is 10.0. The molecule has 2 atom stereocenters. The van der Waals surface area contributed by atoms with Gasteiger partial charge >= 0.3 is 12.1 Å². The third-order valence-corrected chi connectivity index (χ3v) is 5.17. The number of aliphatic carboxylic acids is 1. The van der Waals surface area contributed by atoms with E-state index in [1.807, 2.05) is 18.0 Å². The molecule has 4 rings (SSSR count). The molecule has 180 valence electrons. The molecular weight excluding hydrogens is 449 g/mol. The van der Waals surface area contributed by atoms with Crippen molar-refractivity contribution in [2.24, 2.45) is 13.0 Å². The van der Waals surface area contributed by atoms with Gasteiger partial charge in [0.2, 0.25) is 5.88 Å². The van der Waals surface area contributed by atoms with Crippen LogP contribution in [-0.4, -0.2) is 93.8 Å². The van der Waals surface area contributed by atoms with E-state index in [9.17, 15) is 18.0 Å². The first-order chi connectivity index (χ1) is 15.6. The quantitative estimate of drug-likeness (QED) is 0.692. The maximum Gasteiger partial charge on any atom is 0.490 e. The fourth-order valence-corrected chi connectivity index (χ4v) is 3.59. The zero-order valence-electron chi connectivity index (χ0n) is 17.9. The molecule has 11 nitrogen and oxygen atoms in total. The molecule has 33 heavy (non-hydrogen) atoms. The van der Waals surface area contributed by atoms with E-state index in [1.54, 1.807) is 24.2 Å². The summed E-state index contributed by atoms with van der Waals surface area (Å²) in [6.45, 7) is 3.33. The van der Waals surface area contributed by atoms with Crippen LogP contribution in [0.2, 0.25) is 0 Å². The monoisotopic (exact) mass is 472 g/mol. The van der Waals surface area contributed by atoms with E-state index in [0.717, 1.165) is 18.9 Å². The normalized spacial score (nSPS) is 20.4. The number of hydrogen-bond donors (Lipinski definition) is 1. The number of carbonyl (C=O) groups is 2. The summed E-state index contributed by atoms with van der Waals surface area (Å²) in [7, 11) is 3.40. The number of aryl methyl sites for hydroxylation is 1. The van der Waals surface area contributed by atoms with Crippen LogP contribution in [0.25, 0.3) is 0 Å². The third kappa shape index (κ3) is 6.09. The van der Waals surface area contributed by atoms with E-state index in [-0.39, 0.29) is 17.9 Å². The number of fused-ring (bicyclic) bond motifs is 1. The predicted octanol–water partition coefficient (Wildman–Crippen LogP) is 0.829. The molecule has 0 bridgehead atoms. The molecule has 2 aromatic heterocycles. The Morgan fingerprint density at radius 3 is 2.58 bits per heavy atom. The summed E-state index contributed by atoms with van der Waals surface area (Å²) >= 11 is 0. The van der Waals surface area contributed by atoms with Crippen molar-refractivity contribution in [1.82, 2.24) is 24.6 Å². The highest BCUT2D eigenvalue weighted by Gasteiger charge is 2.39. The van der Waals surface area contributed by atoms with E-state index < -0.39 is 12.1 Å². The van der Waals surface area contributed by atoms with Gasteiger partial charge in [-0.05, 0) is 0 Å². The zero-order valence-corrected chi connectivity index (χ0v) is 17.9. The van der Waals surface area contributed by atoms with Crippen LogP contribution < -0.4 is 9.64 Å². The van der Waals surface area contributed by atoms with Crippen molar-refractivity contribution in [3.63, 3.8) is 0 Å². The Balaban J connectivity index is 0.000000383. The van der Waals surface area contributed by atoms with Gasteiger partial charge in [-0.25, -0.2) is 14.8 Å². The highest BCUT2D eigenvalue weighted by Crippen LogP contribution is 2.28. The SMILES string of the molecule is COc1cc(N2C[C@@H]3CN(C(=O)c4cnn(C)c4)CCO[C@@H]3C2)ncn1.O=C(O)C(F)(F)F. The summed E-state index contributed by atoms with van der Waals surface area (Å²) in [5.74, 6) is -1.16. The molecule has 2 aliphatic rings. The topological polar surface area (TPSA) is 123 Å². The van der Waals surface area contributed by atoms with Crippen molar-refractivity contribution in [1.29, 1.82) is 0 Å². The van der Waals surface area contributed by atoms with Gasteiger partial charge in [-0.2, -0.15) is 18.3 Å². The second-order valence-corrected chi connectivity index (χ2v) is 7.45. The molecule has 0 spiro atoms. The van der Waals surface area contributed by atoms with Gasteiger partial charge < -0.3 is 24.4 Å². The van der Waals surface area contributed by atoms with Crippen molar-refractivity contribution >= 4 is 17.7 Å². The largest absolute Gasteiger partial charge is 0.490 e. The van der Waals surface area contributed by atoms with E-state index in [4.69, 9.17) is 19.4 Å². The first-order valence-corrected chi connectivity index (χ1v) is 9.89. The first-order valence-electron chi connectivity index (χ1n) is 9.89. The highest BCUT2D eigenvalue weighted by molar-refractivity contribution is 5.93. The number of halogens is 3. The number of amides is 1. The van der Waals surface area contributed by atoms with Gasteiger partial charge in [0.1, 0.15) is 12.1 Å². The van der Waals surface area contributed by atoms with Crippen LogP contribution in [0.1, 0.15) is 10.4 Å². The zero-order chi connectivity index (χ0) is 24.2. The van der Waals surface area contributed by atoms with Gasteiger partial charge in [0, 0.05) is 51.4 Å². The molecule has 4 heterocycles. The van der Waals surface area contributed by atoms with Gasteiger partial charge in [-0.15, -0.1) is 0 Å². The van der Waals surface area contributed by atoms with Gasteiger partial charge in [0.05, 0.1) is 31.6 Å². The lowest BCUT2D eigenvalue weighted by molar-refractivity contribution is -0.192. The smallest absolute Gasteiger partial charge is 0.481 e. The Morgan fingerprint density at radius 2 is 1.97 bits per heavy atom. The summed E-state index contributed by atoms with van der Waals surface area (Å²) < 4.78 is 44.6. The van der Waals surface area contributed by atoms with E-state index in [1.165, 1.54) is 6.33 Å². The van der Waals surface area contributed by atoms with Gasteiger partial charge in [0.25, 0.3) is 5.91 Å². The minimum atomic E-state index is -5.08. The maximum absolute atomic E-state index is 12.8. The number of anilines is 1. The van der Waals surface area contributed by atoms with Crippen molar-refractivity contribution in [2.45, 2.75) is 12.3 Å². The van der Waals surface area contributed by atoms with Crippen LogP contribution in [0.3, 0.4) is 0 Å². The summed E-state index contributed by atoms with van der Waals surface area (Å²) in [5.41, 5.74) is 0.612. The molecule has 2 aliphatic heterocycles. The van der Waals surface area contributed by atoms with Crippen molar-refractivity contribution in [3.8, 4) is 5.88 Å². The Morgan fingerprint density at radius 1 is 1.24 bits per heavy atom. The molecule has 2 aromatic rings. The molecule has 0 aliphatic carbocycles. The molecule has 0 radical (unpaired) electrons. The molecule has 0 unspecified atom stereocenters. The Kier molecular flexibility index (Phi) is 7.36. The average Bonchev–Trinajstić information content (AvgIpc) is 3.33. The van der Waals surface area contributed by atoms with Crippen LogP contribution in [0.15, 0.2) is 24.8 Å². The summed E-state index contributed by atoms with van der Waals surface area (Å²) in [4.78, 5) is 34.1. The van der Waals surface area contributed by atoms with E-state index in [0.29, 0.717) is 31.1 Å². The minimum Gasteiger partial charge on any atom is -0.481 e. The second-order valence-electron chi connectivity index (χ2n) is 7.45. The summed E-state index contributed by atoms with van der Waals surface area (Å²) in [5, 5.41) is 11.2. The molecule has 1 N–H and O–H groups in total. The Bertz CT molecular complexity index is 985. The van der Waals surface area contributed by atoms with Gasteiger partial charge in [0.15, 0.2) is 0 Å². The van der Waals surface area contributed by atoms with Crippen LogP contribution in [0.4, 0.5) is 19.0 Å². The number of carboxylic acids is 1. The number of carbonyl (C=O) groups excluding carboxylic acids is 1. The fraction of sp³-hybridized carbons (Fsp3) is 0.526. The number of ether oxygens (including phenoxy) is 2. The standard InChI is InChI=1S/C17H22N6O3.C2HF3O2/c1-21-7-12(6-20-21)17(24)22-3-4-26-14-10-23(9-13(14)8-22)15-5-16(25-2)19-11-18-15;3-2(4,5)1(6)7/h5-7,11,13-14H,3-4,8-10H2,1-2H3;(H,6,7)/t13-,14+;/m0./s1. The first kappa shape index (κ1) is 24.2. The van der Waals surface area contributed by atoms with Crippen molar-refractivity contribution in [2.75, 3.05) is 44.8 Å². The van der Waals surface area contributed by atoms with E-state index in [2.05, 4.69) is 20.0 Å². The molecule has 2 saturated heterocycles. The molecular formula is C19H23F3N6O5. The minimum absolute atomic E-state index is 0.00417. The third-order valence-electron chi connectivity index (χ3n) is 5.17. The van der Waals surface area contributed by atoms with Crippen LogP contribution in [-0.2, 0) is 16.6 Å². The lowest BCUT2D eigenvalue weighted by Crippen LogP contribution is -2.37. The number of rotatable bonds is 3. The molecule has 2 fully saturated rings.